The molecule has 1 unspecified atom stereocenters. The molecule has 156 valence electrons. The summed E-state index contributed by atoms with van der Waals surface area (Å²) in [5.41, 5.74) is 9.91. The molecule has 0 heterocycles. The molecule has 0 aromatic heterocycles. The second-order valence-electron chi connectivity index (χ2n) is 8.39. The van der Waals surface area contributed by atoms with E-state index in [1.165, 1.54) is 24.8 Å². The maximum absolute atomic E-state index is 8.88. The van der Waals surface area contributed by atoms with Gasteiger partial charge in [-0.3, -0.25) is 0 Å². The van der Waals surface area contributed by atoms with Crippen LogP contribution in [0.15, 0.2) is 42.5 Å². The summed E-state index contributed by atoms with van der Waals surface area (Å²) in [6.45, 7) is 0. The maximum atomic E-state index is 8.88. The van der Waals surface area contributed by atoms with E-state index in [1.54, 1.807) is 0 Å². The topological polar surface area (TPSA) is 66.5 Å². The summed E-state index contributed by atoms with van der Waals surface area (Å²) in [5.74, 6) is 1.41. The van der Waals surface area contributed by atoms with Crippen LogP contribution in [-0.2, 0) is 6.42 Å². The number of hydrogen-bond donors (Lipinski definition) is 3. The minimum atomic E-state index is -1.18. The monoisotopic (exact) mass is 433 g/mol. The Kier molecular flexibility index (Phi) is 8.46. The third-order valence-corrected chi connectivity index (χ3v) is 6.91. The van der Waals surface area contributed by atoms with Gasteiger partial charge in [-0.25, -0.2) is 0 Å². The zero-order valence-electron chi connectivity index (χ0n) is 16.7. The minimum Gasteiger partial charge on any atom is -0.427 e. The fourth-order valence-corrected chi connectivity index (χ4v) is 4.52. The summed E-state index contributed by atoms with van der Waals surface area (Å²) in [5, 5.41) is 18.9. The summed E-state index contributed by atoms with van der Waals surface area (Å²) in [6, 6.07) is 14.7. The average molecular weight is 434 g/mol. The molecule has 1 saturated carbocycles. The first-order valence-electron chi connectivity index (χ1n) is 10.6. The van der Waals surface area contributed by atoms with E-state index in [0.717, 1.165) is 42.7 Å². The molecular formula is C23H30BCl2NO2. The Hall–Kier alpha value is -1.04. The summed E-state index contributed by atoms with van der Waals surface area (Å²) in [7, 11) is -1.18. The van der Waals surface area contributed by atoms with E-state index in [4.69, 9.17) is 39.0 Å². The molecule has 3 rings (SSSR count). The highest BCUT2D eigenvalue weighted by Crippen LogP contribution is 2.39. The van der Waals surface area contributed by atoms with Gasteiger partial charge in [0.2, 0.25) is 0 Å². The predicted molar refractivity (Wildman–Crippen MR) is 123 cm³/mol. The molecule has 2 aromatic rings. The van der Waals surface area contributed by atoms with Crippen LogP contribution in [0.3, 0.4) is 0 Å². The van der Waals surface area contributed by atoms with E-state index in [2.05, 4.69) is 24.3 Å². The first-order chi connectivity index (χ1) is 13.9. The lowest BCUT2D eigenvalue weighted by molar-refractivity contribution is 0.147. The first-order valence-corrected chi connectivity index (χ1v) is 11.3. The number of halogens is 2. The molecular weight excluding hydrogens is 404 g/mol. The van der Waals surface area contributed by atoms with Crippen LogP contribution in [0, 0.1) is 11.8 Å². The normalized spacial score (nSPS) is 19.6. The average Bonchev–Trinajstić information content (AvgIpc) is 2.66. The lowest BCUT2D eigenvalue weighted by Gasteiger charge is -2.39. The fourth-order valence-electron chi connectivity index (χ4n) is 4.23. The minimum absolute atomic E-state index is 0.257. The molecule has 0 aliphatic heterocycles. The van der Waals surface area contributed by atoms with E-state index in [-0.39, 0.29) is 6.04 Å². The number of unbranched alkanes of at least 4 members (excludes halogenated alkanes) is 1. The molecule has 0 radical (unpaired) electrons. The van der Waals surface area contributed by atoms with Crippen LogP contribution < -0.4 is 5.73 Å². The Morgan fingerprint density at radius 1 is 0.966 bits per heavy atom. The molecule has 1 aliphatic carbocycles. The Bertz CT molecular complexity index is 779. The van der Waals surface area contributed by atoms with Crippen molar-refractivity contribution in [3.63, 3.8) is 0 Å². The van der Waals surface area contributed by atoms with Gasteiger partial charge >= 0.3 is 7.12 Å². The summed E-state index contributed by atoms with van der Waals surface area (Å²) >= 11 is 12.1. The number of rotatable bonds is 10. The van der Waals surface area contributed by atoms with Crippen LogP contribution in [-0.4, -0.2) is 23.2 Å². The van der Waals surface area contributed by atoms with Crippen molar-refractivity contribution in [3.05, 3.63) is 58.1 Å². The number of hydrogen-bond acceptors (Lipinski definition) is 3. The van der Waals surface area contributed by atoms with E-state index in [9.17, 15) is 0 Å². The van der Waals surface area contributed by atoms with Crippen molar-refractivity contribution in [2.24, 2.45) is 17.6 Å². The molecule has 1 aliphatic rings. The molecule has 1 fully saturated rings. The second kappa shape index (κ2) is 10.8. The Morgan fingerprint density at radius 3 is 2.31 bits per heavy atom. The molecule has 2 aromatic carbocycles. The third-order valence-electron chi connectivity index (χ3n) is 6.18. The fraction of sp³-hybridized carbons (Fsp3) is 0.478. The van der Waals surface area contributed by atoms with Gasteiger partial charge < -0.3 is 15.8 Å². The molecule has 0 spiro atoms. The van der Waals surface area contributed by atoms with Crippen molar-refractivity contribution < 1.29 is 10.0 Å². The van der Waals surface area contributed by atoms with Gasteiger partial charge in [0, 0.05) is 6.04 Å². The Balaban J connectivity index is 1.37. The van der Waals surface area contributed by atoms with E-state index in [1.807, 2.05) is 18.2 Å². The van der Waals surface area contributed by atoms with Gasteiger partial charge in [0.05, 0.1) is 10.0 Å². The highest BCUT2D eigenvalue weighted by Gasteiger charge is 2.32. The van der Waals surface area contributed by atoms with Crippen molar-refractivity contribution in [2.45, 2.75) is 57.3 Å². The summed E-state index contributed by atoms with van der Waals surface area (Å²) in [6.07, 6.45) is 8.01. The van der Waals surface area contributed by atoms with Crippen molar-refractivity contribution in [1.82, 2.24) is 0 Å². The van der Waals surface area contributed by atoms with E-state index >= 15 is 0 Å². The largest absolute Gasteiger partial charge is 0.451 e. The first kappa shape index (κ1) is 22.6. The Morgan fingerprint density at radius 2 is 1.66 bits per heavy atom. The predicted octanol–water partition coefficient (Wildman–Crippen LogP) is 5.59. The second-order valence-corrected chi connectivity index (χ2v) is 9.21. The number of benzene rings is 2. The van der Waals surface area contributed by atoms with Gasteiger partial charge in [0.1, 0.15) is 0 Å². The van der Waals surface area contributed by atoms with Crippen LogP contribution in [0.4, 0.5) is 0 Å². The molecule has 3 nitrogen and oxygen atoms in total. The smallest absolute Gasteiger partial charge is 0.427 e. The van der Waals surface area contributed by atoms with Crippen molar-refractivity contribution in [1.29, 1.82) is 0 Å². The SMILES string of the molecule is NC(CCCCB(O)O)C1CC(CCc2ccc(-c3ccc(Cl)c(Cl)c3)cc2)C1. The summed E-state index contributed by atoms with van der Waals surface area (Å²) < 4.78 is 0. The molecule has 0 saturated heterocycles. The molecule has 0 amide bonds. The number of nitrogens with two attached hydrogens (primary N) is 1. The molecule has 0 bridgehead atoms. The van der Waals surface area contributed by atoms with Crippen LogP contribution in [0.1, 0.15) is 44.1 Å². The van der Waals surface area contributed by atoms with E-state index in [0.29, 0.717) is 22.3 Å². The van der Waals surface area contributed by atoms with Crippen molar-refractivity contribution in [2.75, 3.05) is 0 Å². The van der Waals surface area contributed by atoms with Crippen LogP contribution in [0.2, 0.25) is 16.4 Å². The van der Waals surface area contributed by atoms with Crippen molar-refractivity contribution in [3.8, 4) is 11.1 Å². The van der Waals surface area contributed by atoms with Gasteiger partial charge in [-0.15, -0.1) is 0 Å². The maximum Gasteiger partial charge on any atom is 0.451 e. The molecule has 6 heteroatoms. The zero-order valence-corrected chi connectivity index (χ0v) is 18.2. The molecule has 29 heavy (non-hydrogen) atoms. The highest BCUT2D eigenvalue weighted by molar-refractivity contribution is 6.42. The molecule has 4 N–H and O–H groups in total. The Labute approximate surface area is 184 Å². The van der Waals surface area contributed by atoms with Crippen molar-refractivity contribution >= 4 is 30.3 Å². The number of aryl methyl sites for hydroxylation is 1. The van der Waals surface area contributed by atoms with Crippen LogP contribution >= 0.6 is 23.2 Å². The van der Waals surface area contributed by atoms with Gasteiger partial charge in [-0.1, -0.05) is 66.4 Å². The zero-order chi connectivity index (χ0) is 20.8. The van der Waals surface area contributed by atoms with Crippen LogP contribution in [0.25, 0.3) is 11.1 Å². The third kappa shape index (κ3) is 6.73. The lowest BCUT2D eigenvalue weighted by Crippen LogP contribution is -2.39. The van der Waals surface area contributed by atoms with Gasteiger partial charge in [-0.05, 0) is 79.1 Å². The van der Waals surface area contributed by atoms with Gasteiger partial charge in [-0.2, -0.15) is 0 Å². The quantitative estimate of drug-likeness (QED) is 0.338. The van der Waals surface area contributed by atoms with Gasteiger partial charge in [0.25, 0.3) is 0 Å². The summed E-state index contributed by atoms with van der Waals surface area (Å²) in [4.78, 5) is 0. The van der Waals surface area contributed by atoms with Crippen LogP contribution in [0.5, 0.6) is 0 Å². The van der Waals surface area contributed by atoms with Gasteiger partial charge in [0.15, 0.2) is 0 Å². The lowest BCUT2D eigenvalue weighted by atomic mass is 9.68. The van der Waals surface area contributed by atoms with E-state index < -0.39 is 7.12 Å². The highest BCUT2D eigenvalue weighted by atomic mass is 35.5. The standard InChI is InChI=1S/C23H30BCl2NO2/c25-21-11-10-19(15-22(21)26)18-8-6-16(7-9-18)4-5-17-13-20(14-17)23(27)3-1-2-12-24(28)29/h6-11,15,17,20,23,28-29H,1-5,12-14,27H2. The molecule has 1 atom stereocenters.